The van der Waals surface area contributed by atoms with Crippen molar-refractivity contribution >= 4 is 17.2 Å². The SMILES string of the molecule is CCCC(C=O)n1ncc2ccccc21. The first-order valence-corrected chi connectivity index (χ1v) is 5.24. The standard InChI is InChI=1S/C12H14N2O/c1-2-5-11(9-15)14-12-7-4-3-6-10(12)8-13-14/h3-4,6-9,11H,2,5H2,1H3. The quantitative estimate of drug-likeness (QED) is 0.714. The smallest absolute Gasteiger partial charge is 0.144 e. The minimum atomic E-state index is -0.130. The number of hydrogen-bond donors (Lipinski definition) is 0. The van der Waals surface area contributed by atoms with Gasteiger partial charge in [-0.1, -0.05) is 31.5 Å². The number of fused-ring (bicyclic) bond motifs is 1. The second-order valence-electron chi connectivity index (χ2n) is 3.64. The molecule has 0 saturated carbocycles. The van der Waals surface area contributed by atoms with Crippen molar-refractivity contribution in [1.82, 2.24) is 9.78 Å². The largest absolute Gasteiger partial charge is 0.301 e. The molecule has 0 spiro atoms. The maximum Gasteiger partial charge on any atom is 0.144 e. The molecular formula is C12H14N2O. The molecule has 0 aliphatic carbocycles. The molecule has 3 heteroatoms. The fraction of sp³-hybridized carbons (Fsp3) is 0.333. The van der Waals surface area contributed by atoms with Gasteiger partial charge < -0.3 is 4.79 Å². The van der Waals surface area contributed by atoms with Gasteiger partial charge in [0.2, 0.25) is 0 Å². The van der Waals surface area contributed by atoms with Crippen LogP contribution in [0.15, 0.2) is 30.5 Å². The molecule has 1 atom stereocenters. The zero-order chi connectivity index (χ0) is 10.7. The molecule has 0 aliphatic rings. The topological polar surface area (TPSA) is 34.9 Å². The number of benzene rings is 1. The van der Waals surface area contributed by atoms with E-state index in [0.29, 0.717) is 0 Å². The van der Waals surface area contributed by atoms with Crippen molar-refractivity contribution in [3.05, 3.63) is 30.5 Å². The Morgan fingerprint density at radius 3 is 3.00 bits per heavy atom. The Morgan fingerprint density at radius 2 is 2.27 bits per heavy atom. The first-order valence-electron chi connectivity index (χ1n) is 5.24. The molecule has 0 fully saturated rings. The van der Waals surface area contributed by atoms with Gasteiger partial charge in [-0.05, 0) is 12.5 Å². The summed E-state index contributed by atoms with van der Waals surface area (Å²) in [5.41, 5.74) is 1.03. The van der Waals surface area contributed by atoms with Crippen molar-refractivity contribution in [3.8, 4) is 0 Å². The molecule has 1 aromatic heterocycles. The molecule has 0 saturated heterocycles. The lowest BCUT2D eigenvalue weighted by Gasteiger charge is -2.10. The van der Waals surface area contributed by atoms with Crippen molar-refractivity contribution in [1.29, 1.82) is 0 Å². The maximum atomic E-state index is 11.0. The Hall–Kier alpha value is -1.64. The van der Waals surface area contributed by atoms with Gasteiger partial charge in [0.05, 0.1) is 11.7 Å². The lowest BCUT2D eigenvalue weighted by atomic mass is 10.2. The van der Waals surface area contributed by atoms with Gasteiger partial charge in [0.15, 0.2) is 0 Å². The van der Waals surface area contributed by atoms with Crippen molar-refractivity contribution in [2.45, 2.75) is 25.8 Å². The highest BCUT2D eigenvalue weighted by Crippen LogP contribution is 2.19. The molecule has 0 aliphatic heterocycles. The summed E-state index contributed by atoms with van der Waals surface area (Å²) in [4.78, 5) is 11.0. The predicted octanol–water partition coefficient (Wildman–Crippen LogP) is 2.58. The Kier molecular flexibility index (Phi) is 2.81. The van der Waals surface area contributed by atoms with Crippen LogP contribution >= 0.6 is 0 Å². The molecule has 0 N–H and O–H groups in total. The van der Waals surface area contributed by atoms with E-state index in [0.717, 1.165) is 30.0 Å². The van der Waals surface area contributed by atoms with Gasteiger partial charge in [0.25, 0.3) is 0 Å². The predicted molar refractivity (Wildman–Crippen MR) is 59.7 cm³/mol. The van der Waals surface area contributed by atoms with Crippen LogP contribution in [0.3, 0.4) is 0 Å². The van der Waals surface area contributed by atoms with E-state index < -0.39 is 0 Å². The van der Waals surface area contributed by atoms with Crippen LogP contribution in [0.2, 0.25) is 0 Å². The average Bonchev–Trinajstić information content (AvgIpc) is 2.70. The Morgan fingerprint density at radius 1 is 1.47 bits per heavy atom. The first-order chi connectivity index (χ1) is 7.36. The molecule has 0 amide bonds. The van der Waals surface area contributed by atoms with Gasteiger partial charge in [-0.2, -0.15) is 5.10 Å². The third-order valence-electron chi connectivity index (χ3n) is 2.56. The van der Waals surface area contributed by atoms with E-state index in [1.54, 1.807) is 0 Å². The number of aldehydes is 1. The third kappa shape index (κ3) is 1.77. The van der Waals surface area contributed by atoms with E-state index in [2.05, 4.69) is 12.0 Å². The van der Waals surface area contributed by atoms with Gasteiger partial charge in [0.1, 0.15) is 12.3 Å². The van der Waals surface area contributed by atoms with Gasteiger partial charge in [-0.3, -0.25) is 4.68 Å². The van der Waals surface area contributed by atoms with Crippen molar-refractivity contribution in [2.75, 3.05) is 0 Å². The van der Waals surface area contributed by atoms with E-state index in [1.807, 2.05) is 35.1 Å². The molecular weight excluding hydrogens is 188 g/mol. The number of nitrogens with zero attached hydrogens (tertiary/aromatic N) is 2. The lowest BCUT2D eigenvalue weighted by Crippen LogP contribution is -2.11. The Balaban J connectivity index is 2.46. The fourth-order valence-electron chi connectivity index (χ4n) is 1.80. The van der Waals surface area contributed by atoms with E-state index in [1.165, 1.54) is 0 Å². The monoisotopic (exact) mass is 202 g/mol. The molecule has 2 aromatic rings. The van der Waals surface area contributed by atoms with Crippen LogP contribution in [0.1, 0.15) is 25.8 Å². The Labute approximate surface area is 88.7 Å². The molecule has 0 bridgehead atoms. The molecule has 1 aromatic carbocycles. The molecule has 2 rings (SSSR count). The molecule has 15 heavy (non-hydrogen) atoms. The van der Waals surface area contributed by atoms with Crippen molar-refractivity contribution in [3.63, 3.8) is 0 Å². The summed E-state index contributed by atoms with van der Waals surface area (Å²) in [5.74, 6) is 0. The minimum Gasteiger partial charge on any atom is -0.301 e. The second kappa shape index (κ2) is 4.26. The highest BCUT2D eigenvalue weighted by molar-refractivity contribution is 5.79. The number of rotatable bonds is 4. The lowest BCUT2D eigenvalue weighted by molar-refractivity contribution is -0.110. The molecule has 1 unspecified atom stereocenters. The summed E-state index contributed by atoms with van der Waals surface area (Å²) < 4.78 is 1.81. The van der Waals surface area contributed by atoms with Gasteiger partial charge >= 0.3 is 0 Å². The highest BCUT2D eigenvalue weighted by Gasteiger charge is 2.11. The van der Waals surface area contributed by atoms with Crippen LogP contribution in [-0.2, 0) is 4.79 Å². The van der Waals surface area contributed by atoms with Crippen LogP contribution in [-0.4, -0.2) is 16.1 Å². The summed E-state index contributed by atoms with van der Waals surface area (Å²) in [6, 6.07) is 7.81. The van der Waals surface area contributed by atoms with Crippen LogP contribution in [0, 0.1) is 0 Å². The van der Waals surface area contributed by atoms with E-state index in [4.69, 9.17) is 0 Å². The fourth-order valence-corrected chi connectivity index (χ4v) is 1.80. The maximum absolute atomic E-state index is 11.0. The van der Waals surface area contributed by atoms with E-state index >= 15 is 0 Å². The highest BCUT2D eigenvalue weighted by atomic mass is 16.1. The zero-order valence-corrected chi connectivity index (χ0v) is 8.76. The van der Waals surface area contributed by atoms with Crippen molar-refractivity contribution < 1.29 is 4.79 Å². The normalized spacial score (nSPS) is 12.9. The zero-order valence-electron chi connectivity index (χ0n) is 8.76. The third-order valence-corrected chi connectivity index (χ3v) is 2.56. The van der Waals surface area contributed by atoms with Gasteiger partial charge in [-0.15, -0.1) is 0 Å². The van der Waals surface area contributed by atoms with Gasteiger partial charge in [-0.25, -0.2) is 0 Å². The van der Waals surface area contributed by atoms with Crippen LogP contribution in [0.25, 0.3) is 10.9 Å². The van der Waals surface area contributed by atoms with Crippen LogP contribution in [0.5, 0.6) is 0 Å². The van der Waals surface area contributed by atoms with Crippen LogP contribution < -0.4 is 0 Å². The summed E-state index contributed by atoms with van der Waals surface area (Å²) >= 11 is 0. The molecule has 3 nitrogen and oxygen atoms in total. The number of carbonyl (C=O) groups is 1. The molecule has 1 heterocycles. The molecule has 78 valence electrons. The number of aromatic nitrogens is 2. The van der Waals surface area contributed by atoms with Crippen molar-refractivity contribution in [2.24, 2.45) is 0 Å². The number of hydrogen-bond acceptors (Lipinski definition) is 2. The molecule has 0 radical (unpaired) electrons. The summed E-state index contributed by atoms with van der Waals surface area (Å²) in [6.45, 7) is 2.07. The van der Waals surface area contributed by atoms with E-state index in [9.17, 15) is 4.79 Å². The number of carbonyl (C=O) groups excluding carboxylic acids is 1. The van der Waals surface area contributed by atoms with Gasteiger partial charge in [0, 0.05) is 5.39 Å². The van der Waals surface area contributed by atoms with E-state index in [-0.39, 0.29) is 6.04 Å². The summed E-state index contributed by atoms with van der Waals surface area (Å²) in [6.07, 6.45) is 4.61. The minimum absolute atomic E-state index is 0.130. The summed E-state index contributed by atoms with van der Waals surface area (Å²) in [7, 11) is 0. The Bertz CT molecular complexity index is 461. The average molecular weight is 202 g/mol. The number of para-hydroxylation sites is 1. The first kappa shape index (κ1) is 9.90. The summed E-state index contributed by atoms with van der Waals surface area (Å²) in [5, 5.41) is 5.35. The van der Waals surface area contributed by atoms with Crippen LogP contribution in [0.4, 0.5) is 0 Å². The second-order valence-corrected chi connectivity index (χ2v) is 3.64.